The minimum Gasteiger partial charge on any atom is -0.490 e. The molecule has 8 heteroatoms. The Kier molecular flexibility index (Phi) is 8.10. The van der Waals surface area contributed by atoms with E-state index in [1.807, 2.05) is 13.8 Å². The number of carbonyl (C=O) groups is 2. The van der Waals surface area contributed by atoms with Crippen molar-refractivity contribution in [2.24, 2.45) is 5.10 Å². The van der Waals surface area contributed by atoms with Crippen molar-refractivity contribution in [3.63, 3.8) is 0 Å². The van der Waals surface area contributed by atoms with Crippen molar-refractivity contribution in [1.82, 2.24) is 10.7 Å². The van der Waals surface area contributed by atoms with E-state index in [0.717, 1.165) is 10.9 Å². The minimum absolute atomic E-state index is 0.494. The summed E-state index contributed by atoms with van der Waals surface area (Å²) >= 11 is 3.42. The summed E-state index contributed by atoms with van der Waals surface area (Å²) in [7, 11) is 1.37. The molecule has 1 aromatic carbocycles. The standard InChI is InChI=1S/C15H20BrN3O4/c1-4-6-23-13-8-11(16)10(7-12(13)22-5-2)9-18-19-15(21)14(20)17-3/h7-9H,4-6H2,1-3H3,(H,17,20)(H,19,21)/b18-9-. The van der Waals surface area contributed by atoms with Gasteiger partial charge in [0, 0.05) is 17.1 Å². The van der Waals surface area contributed by atoms with Gasteiger partial charge in [-0.3, -0.25) is 9.59 Å². The smallest absolute Gasteiger partial charge is 0.329 e. The number of carbonyl (C=O) groups excluding carboxylic acids is 2. The summed E-state index contributed by atoms with van der Waals surface area (Å²) < 4.78 is 11.9. The van der Waals surface area contributed by atoms with Crippen LogP contribution in [0, 0.1) is 0 Å². The third kappa shape index (κ3) is 5.90. The van der Waals surface area contributed by atoms with E-state index in [9.17, 15) is 9.59 Å². The fraction of sp³-hybridized carbons (Fsp3) is 0.400. The molecule has 0 fully saturated rings. The normalized spacial score (nSPS) is 10.4. The van der Waals surface area contributed by atoms with Gasteiger partial charge in [-0.1, -0.05) is 6.92 Å². The molecule has 0 aromatic heterocycles. The van der Waals surface area contributed by atoms with Crippen LogP contribution in [0.5, 0.6) is 11.5 Å². The Morgan fingerprint density at radius 3 is 2.52 bits per heavy atom. The number of nitrogens with one attached hydrogen (secondary N) is 2. The summed E-state index contributed by atoms with van der Waals surface area (Å²) in [5.74, 6) is -0.386. The lowest BCUT2D eigenvalue weighted by Gasteiger charge is -2.13. The molecular weight excluding hydrogens is 366 g/mol. The lowest BCUT2D eigenvalue weighted by Crippen LogP contribution is -2.35. The summed E-state index contributed by atoms with van der Waals surface area (Å²) in [6.07, 6.45) is 2.30. The molecule has 0 heterocycles. The Morgan fingerprint density at radius 2 is 1.91 bits per heavy atom. The van der Waals surface area contributed by atoms with Gasteiger partial charge in [-0.15, -0.1) is 0 Å². The van der Waals surface area contributed by atoms with Crippen molar-refractivity contribution in [3.8, 4) is 11.5 Å². The summed E-state index contributed by atoms with van der Waals surface area (Å²) in [6.45, 7) is 4.98. The molecule has 0 radical (unpaired) electrons. The first kappa shape index (κ1) is 19.0. The second-order valence-corrected chi connectivity index (χ2v) is 5.23. The minimum atomic E-state index is -0.840. The molecular formula is C15H20BrN3O4. The molecule has 1 aromatic rings. The zero-order chi connectivity index (χ0) is 17.2. The van der Waals surface area contributed by atoms with E-state index in [1.165, 1.54) is 13.3 Å². The van der Waals surface area contributed by atoms with Gasteiger partial charge in [0.15, 0.2) is 11.5 Å². The highest BCUT2D eigenvalue weighted by Gasteiger charge is 2.11. The van der Waals surface area contributed by atoms with Crippen LogP contribution in [0.25, 0.3) is 0 Å². The number of hydrogen-bond donors (Lipinski definition) is 2. The molecule has 2 N–H and O–H groups in total. The first-order chi connectivity index (χ1) is 11.0. The van der Waals surface area contributed by atoms with E-state index < -0.39 is 11.8 Å². The Bertz CT molecular complexity index is 590. The monoisotopic (exact) mass is 385 g/mol. The number of hydrogen-bond acceptors (Lipinski definition) is 5. The molecule has 0 unspecified atom stereocenters. The molecule has 2 amide bonds. The number of hydrazone groups is 1. The van der Waals surface area contributed by atoms with E-state index in [2.05, 4.69) is 31.8 Å². The molecule has 0 atom stereocenters. The Morgan fingerprint density at radius 1 is 1.22 bits per heavy atom. The van der Waals surface area contributed by atoms with Crippen LogP contribution in [0.4, 0.5) is 0 Å². The number of benzene rings is 1. The van der Waals surface area contributed by atoms with Crippen molar-refractivity contribution in [1.29, 1.82) is 0 Å². The van der Waals surface area contributed by atoms with Crippen molar-refractivity contribution in [2.75, 3.05) is 20.3 Å². The van der Waals surface area contributed by atoms with Crippen molar-refractivity contribution < 1.29 is 19.1 Å². The van der Waals surface area contributed by atoms with Crippen molar-refractivity contribution >= 4 is 34.0 Å². The van der Waals surface area contributed by atoms with E-state index in [1.54, 1.807) is 12.1 Å². The molecule has 126 valence electrons. The largest absolute Gasteiger partial charge is 0.490 e. The highest BCUT2D eigenvalue weighted by molar-refractivity contribution is 9.10. The third-order valence-corrected chi connectivity index (χ3v) is 3.31. The van der Waals surface area contributed by atoms with Gasteiger partial charge in [0.2, 0.25) is 0 Å². The average Bonchev–Trinajstić information content (AvgIpc) is 2.55. The van der Waals surface area contributed by atoms with Gasteiger partial charge in [0.1, 0.15) is 0 Å². The number of rotatable bonds is 7. The second kappa shape index (κ2) is 9.83. The Hall–Kier alpha value is -2.09. The molecule has 0 aliphatic carbocycles. The van der Waals surface area contributed by atoms with Crippen molar-refractivity contribution in [2.45, 2.75) is 20.3 Å². The van der Waals surface area contributed by atoms with E-state index in [4.69, 9.17) is 9.47 Å². The molecule has 0 saturated heterocycles. The zero-order valence-corrected chi connectivity index (χ0v) is 14.9. The molecule has 23 heavy (non-hydrogen) atoms. The highest BCUT2D eigenvalue weighted by Crippen LogP contribution is 2.33. The average molecular weight is 386 g/mol. The van der Waals surface area contributed by atoms with Crippen LogP contribution >= 0.6 is 15.9 Å². The lowest BCUT2D eigenvalue weighted by molar-refractivity contribution is -0.138. The van der Waals surface area contributed by atoms with Gasteiger partial charge in [-0.05, 0) is 41.4 Å². The van der Waals surface area contributed by atoms with Crippen LogP contribution in [0.2, 0.25) is 0 Å². The summed E-state index contributed by atoms with van der Waals surface area (Å²) in [4.78, 5) is 22.4. The fourth-order valence-electron chi connectivity index (χ4n) is 1.57. The van der Waals surface area contributed by atoms with Gasteiger partial charge >= 0.3 is 11.8 Å². The number of likely N-dealkylation sites (N-methyl/N-ethyl adjacent to an activating group) is 1. The van der Waals surface area contributed by atoms with Gasteiger partial charge < -0.3 is 14.8 Å². The fourth-order valence-corrected chi connectivity index (χ4v) is 1.99. The van der Waals surface area contributed by atoms with Crippen LogP contribution in [0.1, 0.15) is 25.8 Å². The molecule has 0 saturated carbocycles. The molecule has 1 rings (SSSR count). The molecule has 0 spiro atoms. The summed E-state index contributed by atoms with van der Waals surface area (Å²) in [5, 5.41) is 5.96. The highest BCUT2D eigenvalue weighted by atomic mass is 79.9. The van der Waals surface area contributed by atoms with E-state index in [0.29, 0.717) is 30.3 Å². The molecule has 0 aliphatic heterocycles. The zero-order valence-electron chi connectivity index (χ0n) is 13.3. The number of halogens is 1. The van der Waals surface area contributed by atoms with Crippen LogP contribution in [-0.2, 0) is 9.59 Å². The third-order valence-electron chi connectivity index (χ3n) is 2.63. The predicted octanol–water partition coefficient (Wildman–Crippen LogP) is 1.83. The summed E-state index contributed by atoms with van der Waals surface area (Å²) in [5.41, 5.74) is 2.81. The van der Waals surface area contributed by atoms with E-state index >= 15 is 0 Å². The van der Waals surface area contributed by atoms with Gasteiger partial charge in [-0.25, -0.2) is 5.43 Å². The molecule has 7 nitrogen and oxygen atoms in total. The van der Waals surface area contributed by atoms with Crippen LogP contribution in [0.15, 0.2) is 21.7 Å². The van der Waals surface area contributed by atoms with Crippen LogP contribution < -0.4 is 20.2 Å². The first-order valence-corrected chi connectivity index (χ1v) is 7.97. The molecule has 0 bridgehead atoms. The number of nitrogens with zero attached hydrogens (tertiary/aromatic N) is 1. The van der Waals surface area contributed by atoms with Crippen LogP contribution in [-0.4, -0.2) is 38.3 Å². The first-order valence-electron chi connectivity index (χ1n) is 7.17. The quantitative estimate of drug-likeness (QED) is 0.425. The van der Waals surface area contributed by atoms with Crippen molar-refractivity contribution in [3.05, 3.63) is 22.2 Å². The van der Waals surface area contributed by atoms with Gasteiger partial charge in [0.05, 0.1) is 19.4 Å². The Labute approximate surface area is 143 Å². The maximum absolute atomic E-state index is 11.3. The maximum Gasteiger partial charge on any atom is 0.329 e. The Balaban J connectivity index is 2.92. The summed E-state index contributed by atoms with van der Waals surface area (Å²) in [6, 6.07) is 3.52. The maximum atomic E-state index is 11.3. The van der Waals surface area contributed by atoms with E-state index in [-0.39, 0.29) is 0 Å². The SMILES string of the molecule is CCCOc1cc(Br)c(/C=N\NC(=O)C(=O)NC)cc1OCC. The number of amides is 2. The lowest BCUT2D eigenvalue weighted by atomic mass is 10.2. The van der Waals surface area contributed by atoms with Crippen LogP contribution in [0.3, 0.4) is 0 Å². The topological polar surface area (TPSA) is 89.0 Å². The van der Waals surface area contributed by atoms with Gasteiger partial charge in [-0.2, -0.15) is 5.10 Å². The number of ether oxygens (including phenoxy) is 2. The van der Waals surface area contributed by atoms with Gasteiger partial charge in [0.25, 0.3) is 0 Å². The molecule has 0 aliphatic rings. The predicted molar refractivity (Wildman–Crippen MR) is 90.9 cm³/mol. The second-order valence-electron chi connectivity index (χ2n) is 4.38.